The molecule has 0 aromatic heterocycles. The number of halogens is 3. The molecule has 2 rings (SSSR count). The molecule has 0 aliphatic heterocycles. The molecule has 0 saturated heterocycles. The molecule has 1 aromatic carbocycles. The van der Waals surface area contributed by atoms with Crippen LogP contribution in [0.4, 0.5) is 0 Å². The summed E-state index contributed by atoms with van der Waals surface area (Å²) in [6, 6.07) is 7.09. The van der Waals surface area contributed by atoms with Crippen molar-refractivity contribution >= 4 is 40.7 Å². The van der Waals surface area contributed by atoms with E-state index in [9.17, 15) is 4.79 Å². The van der Waals surface area contributed by atoms with Crippen LogP contribution in [0.1, 0.15) is 13.3 Å². The van der Waals surface area contributed by atoms with E-state index in [1.165, 1.54) is 0 Å². The van der Waals surface area contributed by atoms with E-state index in [2.05, 4.69) is 5.32 Å². The van der Waals surface area contributed by atoms with Crippen LogP contribution in [0, 0.1) is 5.41 Å². The summed E-state index contributed by atoms with van der Waals surface area (Å²) in [7, 11) is 0. The lowest BCUT2D eigenvalue weighted by molar-refractivity contribution is -0.125. The summed E-state index contributed by atoms with van der Waals surface area (Å²) >= 11 is 17.7. The van der Waals surface area contributed by atoms with Crippen molar-refractivity contribution in [2.24, 2.45) is 5.41 Å². The molecule has 3 nitrogen and oxygen atoms in total. The smallest absolute Gasteiger partial charge is 0.229 e. The summed E-state index contributed by atoms with van der Waals surface area (Å²) in [5.74, 6) is 0.524. The fourth-order valence-electron chi connectivity index (χ4n) is 1.73. The van der Waals surface area contributed by atoms with Crippen molar-refractivity contribution in [3.8, 4) is 5.75 Å². The quantitative estimate of drug-likeness (QED) is 0.666. The molecule has 1 N–H and O–H groups in total. The van der Waals surface area contributed by atoms with Gasteiger partial charge >= 0.3 is 0 Å². The topological polar surface area (TPSA) is 38.3 Å². The van der Waals surface area contributed by atoms with Crippen molar-refractivity contribution in [3.05, 3.63) is 29.3 Å². The first-order valence-corrected chi connectivity index (χ1v) is 7.03. The van der Waals surface area contributed by atoms with E-state index in [-0.39, 0.29) is 5.91 Å². The Morgan fingerprint density at radius 2 is 2.16 bits per heavy atom. The van der Waals surface area contributed by atoms with Gasteiger partial charge in [-0.15, -0.1) is 23.2 Å². The second-order valence-electron chi connectivity index (χ2n) is 4.78. The average molecular weight is 323 g/mol. The van der Waals surface area contributed by atoms with Gasteiger partial charge < -0.3 is 10.1 Å². The first-order chi connectivity index (χ1) is 8.85. The van der Waals surface area contributed by atoms with E-state index < -0.39 is 9.75 Å². The maximum Gasteiger partial charge on any atom is 0.229 e. The number of benzene rings is 1. The van der Waals surface area contributed by atoms with Crippen LogP contribution < -0.4 is 10.1 Å². The lowest BCUT2D eigenvalue weighted by Gasteiger charge is -2.13. The molecule has 1 fully saturated rings. The Balaban J connectivity index is 1.72. The fourth-order valence-corrected chi connectivity index (χ4v) is 2.62. The zero-order valence-electron chi connectivity index (χ0n) is 10.4. The van der Waals surface area contributed by atoms with E-state index in [1.807, 2.05) is 0 Å². The number of hydrogen-bond donors (Lipinski definition) is 1. The van der Waals surface area contributed by atoms with Crippen LogP contribution in [0.3, 0.4) is 0 Å². The summed E-state index contributed by atoms with van der Waals surface area (Å²) in [5.41, 5.74) is -0.688. The number of carbonyl (C=O) groups excluding carboxylic acids is 1. The molecule has 19 heavy (non-hydrogen) atoms. The van der Waals surface area contributed by atoms with Gasteiger partial charge in [0.15, 0.2) is 0 Å². The Bertz CT molecular complexity index is 493. The number of hydrogen-bond acceptors (Lipinski definition) is 2. The van der Waals surface area contributed by atoms with Crippen molar-refractivity contribution < 1.29 is 9.53 Å². The van der Waals surface area contributed by atoms with Crippen molar-refractivity contribution in [2.45, 2.75) is 17.7 Å². The Morgan fingerprint density at radius 3 is 2.74 bits per heavy atom. The minimum absolute atomic E-state index is 0.146. The lowest BCUT2D eigenvalue weighted by atomic mass is 10.1. The van der Waals surface area contributed by atoms with E-state index in [4.69, 9.17) is 39.5 Å². The van der Waals surface area contributed by atoms with E-state index in [0.717, 1.165) is 0 Å². The molecule has 6 heteroatoms. The summed E-state index contributed by atoms with van der Waals surface area (Å²) in [6.07, 6.45) is 0.476. The third kappa shape index (κ3) is 3.28. The molecule has 0 radical (unpaired) electrons. The van der Waals surface area contributed by atoms with Gasteiger partial charge in [-0.05, 0) is 31.5 Å². The van der Waals surface area contributed by atoms with Crippen LogP contribution in [0.15, 0.2) is 24.3 Å². The first-order valence-electron chi connectivity index (χ1n) is 5.90. The maximum absolute atomic E-state index is 11.9. The van der Waals surface area contributed by atoms with Crippen molar-refractivity contribution in [2.75, 3.05) is 13.2 Å². The van der Waals surface area contributed by atoms with E-state index in [1.54, 1.807) is 31.2 Å². The highest BCUT2D eigenvalue weighted by Crippen LogP contribution is 2.63. The molecule has 0 unspecified atom stereocenters. The van der Waals surface area contributed by atoms with Crippen LogP contribution in [-0.4, -0.2) is 23.4 Å². The summed E-state index contributed by atoms with van der Waals surface area (Å²) in [6.45, 7) is 2.50. The highest BCUT2D eigenvalue weighted by Gasteiger charge is 2.67. The second-order valence-corrected chi connectivity index (χ2v) is 6.70. The molecule has 1 aromatic rings. The van der Waals surface area contributed by atoms with E-state index >= 15 is 0 Å². The SMILES string of the molecule is C[C@@]1(C(=O)NCCOc2cccc(Cl)c2)CC1(Cl)Cl. The van der Waals surface area contributed by atoms with Crippen LogP contribution in [0.2, 0.25) is 5.02 Å². The molecule has 1 amide bonds. The molecule has 1 aliphatic carbocycles. The van der Waals surface area contributed by atoms with Crippen molar-refractivity contribution in [3.63, 3.8) is 0 Å². The molecule has 1 saturated carbocycles. The predicted molar refractivity (Wildman–Crippen MR) is 77.1 cm³/mol. The highest BCUT2D eigenvalue weighted by atomic mass is 35.5. The highest BCUT2D eigenvalue weighted by molar-refractivity contribution is 6.53. The minimum atomic E-state index is -0.940. The molecule has 1 aliphatic rings. The number of ether oxygens (including phenoxy) is 1. The molecule has 0 bridgehead atoms. The van der Waals surface area contributed by atoms with Crippen LogP contribution in [0.5, 0.6) is 5.75 Å². The lowest BCUT2D eigenvalue weighted by Crippen LogP contribution is -2.35. The molecular formula is C13H14Cl3NO2. The third-order valence-corrected chi connectivity index (χ3v) is 4.55. The normalized spacial score (nSPS) is 23.8. The van der Waals surface area contributed by atoms with E-state index in [0.29, 0.717) is 30.3 Å². The zero-order valence-corrected chi connectivity index (χ0v) is 12.6. The Kier molecular flexibility index (Phi) is 4.19. The molecular weight excluding hydrogens is 309 g/mol. The maximum atomic E-state index is 11.9. The molecule has 1 atom stereocenters. The monoisotopic (exact) mass is 321 g/mol. The number of alkyl halides is 2. The zero-order chi connectivity index (χ0) is 14.1. The minimum Gasteiger partial charge on any atom is -0.492 e. The Morgan fingerprint density at radius 1 is 1.47 bits per heavy atom. The van der Waals surface area contributed by atoms with Gasteiger partial charge in [-0.2, -0.15) is 0 Å². The number of rotatable bonds is 5. The van der Waals surface area contributed by atoms with Gasteiger partial charge in [-0.3, -0.25) is 4.79 Å². The Hall–Kier alpha value is -0.640. The second kappa shape index (κ2) is 5.39. The van der Waals surface area contributed by atoms with Crippen LogP contribution in [0.25, 0.3) is 0 Å². The van der Waals surface area contributed by atoms with Gasteiger partial charge in [0.05, 0.1) is 12.0 Å². The van der Waals surface area contributed by atoms with Crippen molar-refractivity contribution in [1.82, 2.24) is 5.32 Å². The van der Waals surface area contributed by atoms with Gasteiger partial charge in [-0.25, -0.2) is 0 Å². The van der Waals surface area contributed by atoms with Gasteiger partial charge in [-0.1, -0.05) is 17.7 Å². The van der Waals surface area contributed by atoms with Gasteiger partial charge in [0.1, 0.15) is 16.7 Å². The predicted octanol–water partition coefficient (Wildman–Crippen LogP) is 3.42. The summed E-state index contributed by atoms with van der Waals surface area (Å²) < 4.78 is 4.52. The summed E-state index contributed by atoms with van der Waals surface area (Å²) in [5, 5.41) is 3.37. The molecule has 0 spiro atoms. The Labute approximate surface area is 127 Å². The van der Waals surface area contributed by atoms with Crippen LogP contribution >= 0.6 is 34.8 Å². The summed E-state index contributed by atoms with van der Waals surface area (Å²) in [4.78, 5) is 11.9. The average Bonchev–Trinajstić information content (AvgIpc) is 2.85. The largest absolute Gasteiger partial charge is 0.492 e. The first kappa shape index (κ1) is 14.8. The van der Waals surface area contributed by atoms with Gasteiger partial charge in [0.25, 0.3) is 0 Å². The van der Waals surface area contributed by atoms with Gasteiger partial charge in [0, 0.05) is 5.02 Å². The third-order valence-electron chi connectivity index (χ3n) is 3.21. The molecule has 104 valence electrons. The molecule has 0 heterocycles. The number of carbonyl (C=O) groups is 1. The fraction of sp³-hybridized carbons (Fsp3) is 0.462. The van der Waals surface area contributed by atoms with Crippen molar-refractivity contribution in [1.29, 1.82) is 0 Å². The number of amides is 1. The van der Waals surface area contributed by atoms with Crippen LogP contribution in [-0.2, 0) is 4.79 Å². The van der Waals surface area contributed by atoms with Gasteiger partial charge in [0.2, 0.25) is 5.91 Å². The number of nitrogens with one attached hydrogen (secondary N) is 1. The standard InChI is InChI=1S/C13H14Cl3NO2/c1-12(8-13(12,15)16)11(18)17-5-6-19-10-4-2-3-9(14)7-10/h2-4,7H,5-6,8H2,1H3,(H,17,18)/t12-/m0/s1.